The van der Waals surface area contributed by atoms with Crippen LogP contribution in [0.3, 0.4) is 0 Å². The Labute approximate surface area is 168 Å². The van der Waals surface area contributed by atoms with Gasteiger partial charge in [-0.1, -0.05) is 109 Å². The van der Waals surface area contributed by atoms with Crippen LogP contribution < -0.4 is 0 Å². The summed E-state index contributed by atoms with van der Waals surface area (Å²) in [6.07, 6.45) is 0. The molecular weight excluding hydrogens is 344 g/mol. The minimum absolute atomic E-state index is 0.490. The highest BCUT2D eigenvalue weighted by atomic mass is 32.2. The molecule has 0 nitrogen and oxygen atoms in total. The average molecular weight is 369 g/mol. The van der Waals surface area contributed by atoms with Crippen molar-refractivity contribution in [1.82, 2.24) is 0 Å². The SMILES string of the molecule is [2H]C(SC([2H])c1ccc(-c2ccccc2)cc1)c1ccc(-c2ccccc2)cc1. The Hall–Kier alpha value is -2.77. The van der Waals surface area contributed by atoms with Gasteiger partial charge in [-0.05, 0) is 33.4 Å². The van der Waals surface area contributed by atoms with Crippen LogP contribution in [0.15, 0.2) is 109 Å². The molecule has 0 bridgehead atoms. The smallest absolute Gasteiger partial charge is 0.0431 e. The number of thioether (sulfide) groups is 1. The van der Waals surface area contributed by atoms with Crippen LogP contribution >= 0.6 is 11.8 Å². The van der Waals surface area contributed by atoms with Gasteiger partial charge in [0.1, 0.15) is 0 Å². The van der Waals surface area contributed by atoms with Gasteiger partial charge in [0.15, 0.2) is 0 Å². The van der Waals surface area contributed by atoms with Crippen molar-refractivity contribution in [2.24, 2.45) is 0 Å². The summed E-state index contributed by atoms with van der Waals surface area (Å²) in [5.41, 5.74) is 5.50. The Kier molecular flexibility index (Phi) is 4.96. The highest BCUT2D eigenvalue weighted by Crippen LogP contribution is 2.24. The maximum atomic E-state index is 8.49. The summed E-state index contributed by atoms with van der Waals surface area (Å²) < 4.78 is 17.0. The highest BCUT2D eigenvalue weighted by molar-refractivity contribution is 7.97. The first-order valence-electron chi connectivity index (χ1n) is 10.2. The summed E-state index contributed by atoms with van der Waals surface area (Å²) in [7, 11) is 0. The lowest BCUT2D eigenvalue weighted by atomic mass is 10.0. The van der Waals surface area contributed by atoms with Crippen LogP contribution in [-0.2, 0) is 11.5 Å². The molecule has 0 saturated carbocycles. The van der Waals surface area contributed by atoms with Gasteiger partial charge in [-0.25, -0.2) is 0 Å². The topological polar surface area (TPSA) is 0 Å². The van der Waals surface area contributed by atoms with E-state index >= 15 is 0 Å². The summed E-state index contributed by atoms with van der Waals surface area (Å²) in [4.78, 5) is 0. The number of hydrogen-bond donors (Lipinski definition) is 0. The lowest BCUT2D eigenvalue weighted by Crippen LogP contribution is -1.85. The molecule has 4 rings (SSSR count). The fourth-order valence-electron chi connectivity index (χ4n) is 2.96. The Balaban J connectivity index is 1.42. The summed E-state index contributed by atoms with van der Waals surface area (Å²) >= 11 is 1.34. The highest BCUT2D eigenvalue weighted by Gasteiger charge is 2.00. The van der Waals surface area contributed by atoms with E-state index in [2.05, 4.69) is 48.5 Å². The Morgan fingerprint density at radius 1 is 0.444 bits per heavy atom. The molecule has 2 atom stereocenters. The summed E-state index contributed by atoms with van der Waals surface area (Å²) in [6, 6.07) is 36.7. The second-order valence-corrected chi connectivity index (χ2v) is 7.09. The minimum Gasteiger partial charge on any atom is -0.152 e. The van der Waals surface area contributed by atoms with Crippen molar-refractivity contribution in [3.8, 4) is 22.3 Å². The first-order chi connectivity index (χ1) is 14.2. The van der Waals surface area contributed by atoms with Gasteiger partial charge in [-0.15, -0.1) is 0 Å². The van der Waals surface area contributed by atoms with Gasteiger partial charge in [-0.2, -0.15) is 11.8 Å². The van der Waals surface area contributed by atoms with Gasteiger partial charge in [-0.3, -0.25) is 0 Å². The van der Waals surface area contributed by atoms with Crippen LogP contribution in [0.2, 0.25) is 0 Å². The Morgan fingerprint density at radius 2 is 0.778 bits per heavy atom. The van der Waals surface area contributed by atoms with E-state index in [9.17, 15) is 0 Å². The largest absolute Gasteiger partial charge is 0.152 e. The molecule has 1 heteroatoms. The van der Waals surface area contributed by atoms with E-state index in [1.807, 2.05) is 60.7 Å². The monoisotopic (exact) mass is 368 g/mol. The molecule has 0 saturated heterocycles. The molecule has 0 aliphatic carbocycles. The Morgan fingerprint density at radius 3 is 1.15 bits per heavy atom. The summed E-state index contributed by atoms with van der Waals surface area (Å²) in [5.74, 6) is 0. The standard InChI is InChI=1S/C26H22S/c1-3-7-23(8-4-1)25-15-11-21(12-16-25)19-27-20-22-13-17-26(18-14-22)24-9-5-2-6-10-24/h1-18H,19-20H2/i19D,20D. The zero-order valence-electron chi connectivity index (χ0n) is 17.0. The second kappa shape index (κ2) is 8.75. The van der Waals surface area contributed by atoms with Gasteiger partial charge < -0.3 is 0 Å². The molecule has 0 amide bonds. The van der Waals surface area contributed by atoms with Gasteiger partial charge >= 0.3 is 0 Å². The third-order valence-electron chi connectivity index (χ3n) is 4.44. The average Bonchev–Trinajstić information content (AvgIpc) is 2.80. The van der Waals surface area contributed by atoms with Crippen molar-refractivity contribution in [3.05, 3.63) is 120 Å². The molecule has 0 heterocycles. The molecular formula is C26H22S. The molecule has 0 N–H and O–H groups in total. The first-order valence-corrected chi connectivity index (χ1v) is 9.96. The quantitative estimate of drug-likeness (QED) is 0.340. The molecule has 0 aromatic heterocycles. The zero-order chi connectivity index (χ0) is 20.1. The van der Waals surface area contributed by atoms with Crippen LogP contribution in [0.25, 0.3) is 22.3 Å². The van der Waals surface area contributed by atoms with Crippen LogP contribution in [0.1, 0.15) is 13.9 Å². The van der Waals surface area contributed by atoms with Crippen molar-refractivity contribution >= 4 is 11.8 Å². The molecule has 0 spiro atoms. The molecule has 0 aliphatic rings. The number of rotatable bonds is 6. The van der Waals surface area contributed by atoms with Crippen LogP contribution in [0, 0.1) is 0 Å². The van der Waals surface area contributed by atoms with Gasteiger partial charge in [0, 0.05) is 14.2 Å². The molecule has 0 fully saturated rings. The van der Waals surface area contributed by atoms with E-state index in [4.69, 9.17) is 2.74 Å². The fraction of sp³-hybridized carbons (Fsp3) is 0.0769. The summed E-state index contributed by atoms with van der Waals surface area (Å²) in [5, 5.41) is 0. The molecule has 2 unspecified atom stereocenters. The van der Waals surface area contributed by atoms with Gasteiger partial charge in [0.05, 0.1) is 0 Å². The van der Waals surface area contributed by atoms with Crippen molar-refractivity contribution in [2.45, 2.75) is 11.5 Å². The summed E-state index contributed by atoms with van der Waals surface area (Å²) in [6.45, 7) is 0. The van der Waals surface area contributed by atoms with Crippen LogP contribution in [0.4, 0.5) is 0 Å². The molecule has 0 radical (unpaired) electrons. The van der Waals surface area contributed by atoms with E-state index in [-0.39, 0.29) is 0 Å². The molecule has 0 aliphatic heterocycles. The van der Waals surface area contributed by atoms with Crippen molar-refractivity contribution in [3.63, 3.8) is 0 Å². The van der Waals surface area contributed by atoms with E-state index < -0.39 is 11.5 Å². The normalized spacial score (nSPS) is 14.1. The van der Waals surface area contributed by atoms with Crippen LogP contribution in [-0.4, -0.2) is 0 Å². The lowest BCUT2D eigenvalue weighted by molar-refractivity contribution is 1.36. The van der Waals surface area contributed by atoms with Gasteiger partial charge in [0.25, 0.3) is 0 Å². The van der Waals surface area contributed by atoms with Crippen LogP contribution in [0.5, 0.6) is 0 Å². The number of benzene rings is 4. The maximum absolute atomic E-state index is 8.49. The molecule has 4 aromatic carbocycles. The first kappa shape index (κ1) is 15.3. The predicted octanol–water partition coefficient (Wildman–Crippen LogP) is 7.45. The molecule has 4 aromatic rings. The minimum atomic E-state index is -0.490. The number of hydrogen-bond acceptors (Lipinski definition) is 1. The fourth-order valence-corrected chi connectivity index (χ4v) is 3.66. The maximum Gasteiger partial charge on any atom is 0.0431 e. The van der Waals surface area contributed by atoms with Crippen molar-refractivity contribution < 1.29 is 2.74 Å². The van der Waals surface area contributed by atoms with E-state index in [1.54, 1.807) is 0 Å². The van der Waals surface area contributed by atoms with Crippen molar-refractivity contribution in [2.75, 3.05) is 0 Å². The second-order valence-electron chi connectivity index (χ2n) is 6.35. The van der Waals surface area contributed by atoms with Gasteiger partial charge in [0.2, 0.25) is 0 Å². The van der Waals surface area contributed by atoms with E-state index in [1.165, 1.54) is 22.9 Å². The predicted molar refractivity (Wildman–Crippen MR) is 119 cm³/mol. The molecule has 132 valence electrons. The van der Waals surface area contributed by atoms with E-state index in [0.717, 1.165) is 22.3 Å². The third kappa shape index (κ3) is 4.69. The third-order valence-corrected chi connectivity index (χ3v) is 5.26. The Bertz CT molecular complexity index is 943. The van der Waals surface area contributed by atoms with E-state index in [0.29, 0.717) is 0 Å². The lowest BCUT2D eigenvalue weighted by Gasteiger charge is -2.06. The van der Waals surface area contributed by atoms with Crippen molar-refractivity contribution in [1.29, 1.82) is 0 Å². The zero-order valence-corrected chi connectivity index (χ0v) is 15.8. The molecule has 27 heavy (non-hydrogen) atoms.